The molecule has 92 valence electrons. The van der Waals surface area contributed by atoms with Crippen molar-refractivity contribution >= 4 is 29.6 Å². The minimum absolute atomic E-state index is 0.395. The van der Waals surface area contributed by atoms with Crippen LogP contribution in [-0.2, 0) is 6.54 Å². The summed E-state index contributed by atoms with van der Waals surface area (Å²) in [5.74, 6) is 0. The Labute approximate surface area is 114 Å². The second kappa shape index (κ2) is 6.00. The van der Waals surface area contributed by atoms with E-state index in [1.54, 1.807) is 24.4 Å². The lowest BCUT2D eigenvalue weighted by Gasteiger charge is -2.08. The van der Waals surface area contributed by atoms with Crippen LogP contribution in [0.4, 0.5) is 0 Å². The van der Waals surface area contributed by atoms with E-state index in [1.807, 2.05) is 12.1 Å². The molecule has 0 aliphatic carbocycles. The van der Waals surface area contributed by atoms with Gasteiger partial charge in [0.1, 0.15) is 5.03 Å². The van der Waals surface area contributed by atoms with E-state index in [2.05, 4.69) is 4.98 Å². The first-order valence-electron chi connectivity index (χ1n) is 5.31. The van der Waals surface area contributed by atoms with Crippen molar-refractivity contribution in [3.63, 3.8) is 0 Å². The van der Waals surface area contributed by atoms with E-state index in [4.69, 9.17) is 17.3 Å². The van der Waals surface area contributed by atoms with Crippen molar-refractivity contribution in [3.05, 3.63) is 52.7 Å². The van der Waals surface area contributed by atoms with Crippen molar-refractivity contribution in [3.8, 4) is 0 Å². The van der Waals surface area contributed by atoms with Gasteiger partial charge in [-0.05, 0) is 35.9 Å². The highest BCUT2D eigenvalue weighted by atomic mass is 35.5. The number of aromatic nitrogens is 1. The highest BCUT2D eigenvalue weighted by molar-refractivity contribution is 7.99. The molecule has 0 aliphatic heterocycles. The third kappa shape index (κ3) is 2.90. The fraction of sp³-hybridized carbons (Fsp3) is 0.0769. The van der Waals surface area contributed by atoms with Gasteiger partial charge in [0.25, 0.3) is 0 Å². The highest BCUT2D eigenvalue weighted by Gasteiger charge is 2.08. The number of benzene rings is 1. The summed E-state index contributed by atoms with van der Waals surface area (Å²) < 4.78 is 0. The van der Waals surface area contributed by atoms with Crippen LogP contribution in [0.25, 0.3) is 0 Å². The molecular weight excluding hydrogens is 268 g/mol. The smallest absolute Gasteiger partial charge is 0.152 e. The molecule has 0 radical (unpaired) electrons. The molecule has 0 saturated heterocycles. The lowest BCUT2D eigenvalue weighted by atomic mass is 10.2. The van der Waals surface area contributed by atoms with Crippen molar-refractivity contribution in [2.24, 2.45) is 5.73 Å². The van der Waals surface area contributed by atoms with Gasteiger partial charge in [-0.1, -0.05) is 23.4 Å². The van der Waals surface area contributed by atoms with Crippen molar-refractivity contribution in [2.45, 2.75) is 16.5 Å². The molecule has 0 saturated carbocycles. The van der Waals surface area contributed by atoms with Gasteiger partial charge in [-0.3, -0.25) is 4.79 Å². The van der Waals surface area contributed by atoms with Gasteiger partial charge < -0.3 is 5.73 Å². The van der Waals surface area contributed by atoms with Gasteiger partial charge in [-0.25, -0.2) is 4.98 Å². The zero-order chi connectivity index (χ0) is 13.0. The highest BCUT2D eigenvalue weighted by Crippen LogP contribution is 2.32. The van der Waals surface area contributed by atoms with Gasteiger partial charge in [0.05, 0.1) is 0 Å². The number of halogens is 1. The molecule has 1 aromatic carbocycles. The maximum atomic E-state index is 10.9. The van der Waals surface area contributed by atoms with Gasteiger partial charge >= 0.3 is 0 Å². The van der Waals surface area contributed by atoms with Gasteiger partial charge in [0.2, 0.25) is 0 Å². The summed E-state index contributed by atoms with van der Waals surface area (Å²) in [6, 6.07) is 8.98. The van der Waals surface area contributed by atoms with Crippen molar-refractivity contribution in [2.75, 3.05) is 0 Å². The Hall–Kier alpha value is -1.36. The van der Waals surface area contributed by atoms with E-state index in [9.17, 15) is 4.79 Å². The molecule has 0 atom stereocenters. The van der Waals surface area contributed by atoms with Crippen LogP contribution < -0.4 is 5.73 Å². The molecule has 0 unspecified atom stereocenters. The van der Waals surface area contributed by atoms with E-state index < -0.39 is 0 Å². The second-order valence-corrected chi connectivity index (χ2v) is 5.04. The molecule has 0 spiro atoms. The predicted molar refractivity (Wildman–Crippen MR) is 73.1 cm³/mol. The molecule has 1 heterocycles. The Balaban J connectivity index is 2.36. The average Bonchev–Trinajstić information content (AvgIpc) is 2.41. The fourth-order valence-corrected chi connectivity index (χ4v) is 2.65. The maximum absolute atomic E-state index is 10.9. The van der Waals surface area contributed by atoms with Crippen LogP contribution in [0.2, 0.25) is 5.02 Å². The Morgan fingerprint density at radius 1 is 1.39 bits per heavy atom. The standard InChI is InChI=1S/C13H11ClN2OS/c14-11-3-4-12(10(6-11)7-15)18-13-9(8-17)2-1-5-16-13/h1-6,8H,7,15H2. The van der Waals surface area contributed by atoms with E-state index in [0.29, 0.717) is 22.2 Å². The van der Waals surface area contributed by atoms with Gasteiger partial charge in [0.15, 0.2) is 6.29 Å². The number of nitrogens with zero attached hydrogens (tertiary/aromatic N) is 1. The molecule has 0 aliphatic rings. The van der Waals surface area contributed by atoms with E-state index in [1.165, 1.54) is 11.8 Å². The molecule has 5 heteroatoms. The molecule has 2 N–H and O–H groups in total. The third-order valence-electron chi connectivity index (χ3n) is 2.38. The number of aldehydes is 1. The number of pyridine rings is 1. The summed E-state index contributed by atoms with van der Waals surface area (Å²) >= 11 is 7.34. The molecule has 2 rings (SSSR count). The number of carbonyl (C=O) groups is 1. The minimum Gasteiger partial charge on any atom is -0.326 e. The quantitative estimate of drug-likeness (QED) is 0.873. The largest absolute Gasteiger partial charge is 0.326 e. The zero-order valence-corrected chi connectivity index (χ0v) is 11.0. The topological polar surface area (TPSA) is 56.0 Å². The molecule has 3 nitrogen and oxygen atoms in total. The van der Waals surface area contributed by atoms with Crippen LogP contribution in [0.1, 0.15) is 15.9 Å². The van der Waals surface area contributed by atoms with E-state index in [0.717, 1.165) is 16.7 Å². The summed E-state index contributed by atoms with van der Waals surface area (Å²) in [5, 5.41) is 1.32. The minimum atomic E-state index is 0.395. The molecule has 0 amide bonds. The molecule has 1 aromatic heterocycles. The molecule has 0 bridgehead atoms. The predicted octanol–water partition coefficient (Wildman–Crippen LogP) is 3.16. The summed E-state index contributed by atoms with van der Waals surface area (Å²) in [5.41, 5.74) is 7.19. The first-order chi connectivity index (χ1) is 8.74. The fourth-order valence-electron chi connectivity index (χ4n) is 1.49. The van der Waals surface area contributed by atoms with Crippen LogP contribution in [0, 0.1) is 0 Å². The molecule has 18 heavy (non-hydrogen) atoms. The third-order valence-corrected chi connectivity index (χ3v) is 3.76. The summed E-state index contributed by atoms with van der Waals surface area (Å²) in [7, 11) is 0. The van der Waals surface area contributed by atoms with Crippen LogP contribution in [0.5, 0.6) is 0 Å². The second-order valence-electron chi connectivity index (χ2n) is 3.57. The Bertz CT molecular complexity index is 575. The Morgan fingerprint density at radius 2 is 2.22 bits per heavy atom. The lowest BCUT2D eigenvalue weighted by Crippen LogP contribution is -1.99. The van der Waals surface area contributed by atoms with Crippen molar-refractivity contribution < 1.29 is 4.79 Å². The SMILES string of the molecule is NCc1cc(Cl)ccc1Sc1ncccc1C=O. The van der Waals surface area contributed by atoms with Crippen molar-refractivity contribution in [1.82, 2.24) is 4.98 Å². The Morgan fingerprint density at radius 3 is 2.94 bits per heavy atom. The van der Waals surface area contributed by atoms with Crippen molar-refractivity contribution in [1.29, 1.82) is 0 Å². The van der Waals surface area contributed by atoms with Gasteiger partial charge in [0, 0.05) is 28.2 Å². The summed E-state index contributed by atoms with van der Waals surface area (Å²) in [6.45, 7) is 0.395. The first kappa shape index (κ1) is 13.1. The summed E-state index contributed by atoms with van der Waals surface area (Å²) in [6.07, 6.45) is 2.46. The Kier molecular flexibility index (Phi) is 4.36. The number of hydrogen-bond donors (Lipinski definition) is 1. The van der Waals surface area contributed by atoms with Crippen LogP contribution in [0.15, 0.2) is 46.5 Å². The molecule has 0 fully saturated rings. The van der Waals surface area contributed by atoms with E-state index in [-0.39, 0.29) is 0 Å². The zero-order valence-electron chi connectivity index (χ0n) is 9.47. The normalized spacial score (nSPS) is 10.3. The van der Waals surface area contributed by atoms with E-state index >= 15 is 0 Å². The molecular formula is C13H11ClN2OS. The van der Waals surface area contributed by atoms with Crippen LogP contribution >= 0.6 is 23.4 Å². The van der Waals surface area contributed by atoms with Gasteiger partial charge in [-0.2, -0.15) is 0 Å². The first-order valence-corrected chi connectivity index (χ1v) is 6.50. The monoisotopic (exact) mass is 278 g/mol. The number of nitrogens with two attached hydrogens (primary N) is 1. The van der Waals surface area contributed by atoms with Crippen LogP contribution in [-0.4, -0.2) is 11.3 Å². The number of hydrogen-bond acceptors (Lipinski definition) is 4. The maximum Gasteiger partial charge on any atom is 0.152 e. The number of rotatable bonds is 4. The lowest BCUT2D eigenvalue weighted by molar-refractivity contribution is 0.112. The number of carbonyl (C=O) groups excluding carboxylic acids is 1. The molecule has 2 aromatic rings. The average molecular weight is 279 g/mol. The summed E-state index contributed by atoms with van der Waals surface area (Å²) in [4.78, 5) is 16.1. The van der Waals surface area contributed by atoms with Gasteiger partial charge in [-0.15, -0.1) is 0 Å². The van der Waals surface area contributed by atoms with Crippen LogP contribution in [0.3, 0.4) is 0 Å².